The number of oxazole rings is 1. The van der Waals surface area contributed by atoms with Gasteiger partial charge in [-0.1, -0.05) is 12.1 Å². The van der Waals surface area contributed by atoms with Crippen LogP contribution in [0.4, 0.5) is 6.01 Å². The van der Waals surface area contributed by atoms with E-state index in [0.29, 0.717) is 37.2 Å². The van der Waals surface area contributed by atoms with Gasteiger partial charge in [0.2, 0.25) is 11.8 Å². The van der Waals surface area contributed by atoms with Crippen molar-refractivity contribution in [1.82, 2.24) is 15.2 Å². The lowest BCUT2D eigenvalue weighted by Gasteiger charge is -2.29. The molecule has 8 heteroatoms. The summed E-state index contributed by atoms with van der Waals surface area (Å²) in [7, 11) is 0. The van der Waals surface area contributed by atoms with Crippen LogP contribution in [0.5, 0.6) is 0 Å². The van der Waals surface area contributed by atoms with Crippen LogP contribution < -0.4 is 4.90 Å². The summed E-state index contributed by atoms with van der Waals surface area (Å²) in [6.07, 6.45) is 2.76. The molecule has 3 aromatic rings. The van der Waals surface area contributed by atoms with Gasteiger partial charge in [0, 0.05) is 26.4 Å². The number of aromatic nitrogens is 3. The van der Waals surface area contributed by atoms with Crippen LogP contribution in [0.15, 0.2) is 33.1 Å². The van der Waals surface area contributed by atoms with E-state index in [1.807, 2.05) is 24.3 Å². The maximum Gasteiger partial charge on any atom is 0.309 e. The Labute approximate surface area is 156 Å². The Bertz CT molecular complexity index is 878. The number of hydrogen-bond donors (Lipinski definition) is 0. The van der Waals surface area contributed by atoms with Gasteiger partial charge in [0.1, 0.15) is 5.52 Å². The number of carbonyl (C=O) groups excluding carboxylic acids is 1. The van der Waals surface area contributed by atoms with Crippen LogP contribution in [0.1, 0.15) is 31.0 Å². The highest BCUT2D eigenvalue weighted by molar-refractivity contribution is 5.75. The molecule has 0 atom stereocenters. The fourth-order valence-corrected chi connectivity index (χ4v) is 3.25. The van der Waals surface area contributed by atoms with Crippen molar-refractivity contribution in [1.29, 1.82) is 0 Å². The molecular weight excluding hydrogens is 348 g/mol. The molecule has 0 N–H and O–H groups in total. The minimum Gasteiger partial charge on any atom is -0.465 e. The number of piperidine rings is 1. The summed E-state index contributed by atoms with van der Waals surface area (Å²) < 4.78 is 16.5. The molecule has 1 aliphatic heterocycles. The van der Waals surface area contributed by atoms with E-state index in [1.54, 1.807) is 6.92 Å². The second-order valence-electron chi connectivity index (χ2n) is 6.71. The van der Waals surface area contributed by atoms with Crippen LogP contribution >= 0.6 is 0 Å². The van der Waals surface area contributed by atoms with Crippen LogP contribution in [0, 0.1) is 12.8 Å². The molecule has 4 rings (SSSR count). The zero-order valence-corrected chi connectivity index (χ0v) is 15.3. The lowest BCUT2D eigenvalue weighted by atomic mass is 9.97. The number of fused-ring (bicyclic) bond motifs is 1. The molecule has 1 saturated heterocycles. The Kier molecular flexibility index (Phi) is 5.04. The fraction of sp³-hybridized carbons (Fsp3) is 0.474. The third-order valence-electron chi connectivity index (χ3n) is 4.73. The van der Waals surface area contributed by atoms with Crippen molar-refractivity contribution < 1.29 is 18.4 Å². The Hall–Kier alpha value is -2.90. The summed E-state index contributed by atoms with van der Waals surface area (Å²) in [6, 6.07) is 8.33. The van der Waals surface area contributed by atoms with Crippen molar-refractivity contribution in [3.63, 3.8) is 0 Å². The number of rotatable bonds is 6. The molecule has 27 heavy (non-hydrogen) atoms. The number of nitrogens with zero attached hydrogens (tertiary/aromatic N) is 4. The summed E-state index contributed by atoms with van der Waals surface area (Å²) in [5, 5.41) is 7.71. The van der Waals surface area contributed by atoms with E-state index >= 15 is 0 Å². The Morgan fingerprint density at radius 1 is 1.22 bits per heavy atom. The molecule has 0 radical (unpaired) electrons. The first-order valence-corrected chi connectivity index (χ1v) is 9.25. The third-order valence-corrected chi connectivity index (χ3v) is 4.73. The topological polar surface area (TPSA) is 94.5 Å². The lowest BCUT2D eigenvalue weighted by molar-refractivity contribution is -0.149. The maximum absolute atomic E-state index is 12.3. The molecule has 8 nitrogen and oxygen atoms in total. The molecule has 0 amide bonds. The number of esters is 1. The molecule has 0 aliphatic carbocycles. The Morgan fingerprint density at radius 2 is 2.04 bits per heavy atom. The van der Waals surface area contributed by atoms with E-state index in [4.69, 9.17) is 13.6 Å². The summed E-state index contributed by atoms with van der Waals surface area (Å²) in [5.74, 6) is 0.924. The van der Waals surface area contributed by atoms with Crippen molar-refractivity contribution in [2.75, 3.05) is 24.6 Å². The summed E-state index contributed by atoms with van der Waals surface area (Å²) >= 11 is 0. The lowest BCUT2D eigenvalue weighted by Crippen LogP contribution is -2.37. The molecule has 0 saturated carbocycles. The van der Waals surface area contributed by atoms with Gasteiger partial charge in [-0.25, -0.2) is 0 Å². The van der Waals surface area contributed by atoms with Gasteiger partial charge in [-0.15, -0.1) is 10.2 Å². The highest BCUT2D eigenvalue weighted by Crippen LogP contribution is 2.26. The van der Waals surface area contributed by atoms with Crippen LogP contribution in [-0.2, 0) is 16.0 Å². The average molecular weight is 370 g/mol. The maximum atomic E-state index is 12.3. The molecule has 3 heterocycles. The second kappa shape index (κ2) is 7.77. The predicted octanol–water partition coefficient (Wildman–Crippen LogP) is 2.91. The largest absolute Gasteiger partial charge is 0.465 e. The summed E-state index contributed by atoms with van der Waals surface area (Å²) in [5.41, 5.74) is 1.64. The molecule has 0 bridgehead atoms. The van der Waals surface area contributed by atoms with E-state index in [1.165, 1.54) is 0 Å². The van der Waals surface area contributed by atoms with Crippen LogP contribution in [0.2, 0.25) is 0 Å². The van der Waals surface area contributed by atoms with Crippen LogP contribution in [0.25, 0.3) is 11.1 Å². The molecule has 142 valence electrons. The molecule has 1 fully saturated rings. The predicted molar refractivity (Wildman–Crippen MR) is 97.3 cm³/mol. The fourth-order valence-electron chi connectivity index (χ4n) is 3.25. The van der Waals surface area contributed by atoms with Gasteiger partial charge in [-0.3, -0.25) is 4.79 Å². The van der Waals surface area contributed by atoms with Crippen molar-refractivity contribution in [3.8, 4) is 0 Å². The first kappa shape index (κ1) is 17.5. The first-order chi connectivity index (χ1) is 13.2. The Balaban J connectivity index is 1.22. The average Bonchev–Trinajstić information content (AvgIpc) is 3.31. The number of carbonyl (C=O) groups is 1. The van der Waals surface area contributed by atoms with E-state index < -0.39 is 0 Å². The van der Waals surface area contributed by atoms with Crippen LogP contribution in [0.3, 0.4) is 0 Å². The van der Waals surface area contributed by atoms with Crippen molar-refractivity contribution in [2.24, 2.45) is 5.92 Å². The SMILES string of the molecule is Cc1nnc(CCCOC(=O)C2CCN(c3nc4ccccc4o3)CC2)o1. The highest BCUT2D eigenvalue weighted by atomic mass is 16.5. The minimum absolute atomic E-state index is 0.0729. The zero-order valence-electron chi connectivity index (χ0n) is 15.3. The van der Waals surface area contributed by atoms with Crippen molar-refractivity contribution >= 4 is 23.1 Å². The molecular formula is C19H22N4O4. The van der Waals surface area contributed by atoms with Gasteiger partial charge in [0.15, 0.2) is 5.58 Å². The van der Waals surface area contributed by atoms with Gasteiger partial charge in [-0.2, -0.15) is 4.98 Å². The second-order valence-corrected chi connectivity index (χ2v) is 6.71. The number of aryl methyl sites for hydroxylation is 2. The van der Waals surface area contributed by atoms with Gasteiger partial charge < -0.3 is 18.5 Å². The quantitative estimate of drug-likeness (QED) is 0.483. The monoisotopic (exact) mass is 370 g/mol. The summed E-state index contributed by atoms with van der Waals surface area (Å²) in [4.78, 5) is 18.9. The van der Waals surface area contributed by atoms with Crippen molar-refractivity contribution in [2.45, 2.75) is 32.6 Å². The van der Waals surface area contributed by atoms with E-state index in [0.717, 1.165) is 37.0 Å². The number of ether oxygens (including phenoxy) is 1. The molecule has 0 unspecified atom stereocenters. The highest BCUT2D eigenvalue weighted by Gasteiger charge is 2.28. The van der Waals surface area contributed by atoms with Crippen LogP contribution in [-0.4, -0.2) is 40.8 Å². The zero-order chi connectivity index (χ0) is 18.6. The Morgan fingerprint density at radius 3 is 2.78 bits per heavy atom. The molecule has 0 spiro atoms. The molecule has 2 aromatic heterocycles. The normalized spacial score (nSPS) is 15.4. The number of benzene rings is 1. The number of para-hydroxylation sites is 2. The van der Waals surface area contributed by atoms with E-state index in [9.17, 15) is 4.79 Å². The van der Waals surface area contributed by atoms with Gasteiger partial charge in [0.25, 0.3) is 6.01 Å². The van der Waals surface area contributed by atoms with E-state index in [-0.39, 0.29) is 11.9 Å². The van der Waals surface area contributed by atoms with Crippen molar-refractivity contribution in [3.05, 3.63) is 36.0 Å². The standard InChI is InChI=1S/C19H22N4O4/c1-13-21-22-17(26-13)7-4-12-25-18(24)14-8-10-23(11-9-14)19-20-15-5-2-3-6-16(15)27-19/h2-3,5-6,14H,4,7-12H2,1H3. The molecule has 1 aliphatic rings. The third kappa shape index (κ3) is 4.10. The smallest absolute Gasteiger partial charge is 0.309 e. The number of anilines is 1. The van der Waals surface area contributed by atoms with Gasteiger partial charge >= 0.3 is 5.97 Å². The van der Waals surface area contributed by atoms with E-state index in [2.05, 4.69) is 20.1 Å². The summed E-state index contributed by atoms with van der Waals surface area (Å²) in [6.45, 7) is 3.58. The first-order valence-electron chi connectivity index (χ1n) is 9.25. The minimum atomic E-state index is -0.131. The van der Waals surface area contributed by atoms with Gasteiger partial charge in [0.05, 0.1) is 12.5 Å². The molecule has 1 aromatic carbocycles. The number of hydrogen-bond acceptors (Lipinski definition) is 8. The van der Waals surface area contributed by atoms with Gasteiger partial charge in [-0.05, 0) is 31.4 Å².